The molecule has 1 aromatic carbocycles. The van der Waals surface area contributed by atoms with Crippen LogP contribution in [0.4, 0.5) is 24.5 Å². The van der Waals surface area contributed by atoms with Crippen LogP contribution in [-0.2, 0) is 11.0 Å². The molecule has 0 fully saturated rings. The van der Waals surface area contributed by atoms with E-state index in [4.69, 9.17) is 17.5 Å². The molecule has 0 radical (unpaired) electrons. The number of aromatic amines is 1. The number of alkyl halides is 3. The number of H-pyrrole nitrogens is 1. The number of pyridine rings is 1. The van der Waals surface area contributed by atoms with Crippen LogP contribution < -0.4 is 15.4 Å². The van der Waals surface area contributed by atoms with Crippen LogP contribution >= 0.6 is 12.2 Å². The van der Waals surface area contributed by atoms with Crippen LogP contribution in [0.3, 0.4) is 0 Å². The molecule has 6 nitrogen and oxygen atoms in total. The number of carbonyl (C=O) groups excluding carboxylic acids is 1. The maximum Gasteiger partial charge on any atom is 0.417 e. The Morgan fingerprint density at radius 1 is 1.21 bits per heavy atom. The third-order valence-electron chi connectivity index (χ3n) is 4.19. The average Bonchev–Trinajstić information content (AvgIpc) is 2.67. The molecule has 1 N–H and O–H groups in total. The molecule has 0 aliphatic rings. The smallest absolute Gasteiger partial charge is 0.327 e. The van der Waals surface area contributed by atoms with Gasteiger partial charge in [-0.25, -0.2) is 0 Å². The molecular weight excluding hydrogens is 405 g/mol. The zero-order chi connectivity index (χ0) is 22.0. The van der Waals surface area contributed by atoms with E-state index in [1.807, 2.05) is 0 Å². The van der Waals surface area contributed by atoms with Crippen molar-refractivity contribution in [1.82, 2.24) is 4.98 Å². The summed E-state index contributed by atoms with van der Waals surface area (Å²) >= 11 is 5.46. The number of nitriles is 1. The van der Waals surface area contributed by atoms with Gasteiger partial charge in [-0.1, -0.05) is 0 Å². The van der Waals surface area contributed by atoms with Crippen molar-refractivity contribution in [2.24, 2.45) is 0 Å². The summed E-state index contributed by atoms with van der Waals surface area (Å²) in [6.45, 7) is 3.15. The summed E-state index contributed by atoms with van der Waals surface area (Å²) in [5.74, 6) is 0. The minimum atomic E-state index is -4.72. The number of anilines is 2. The monoisotopic (exact) mass is 422 g/mol. The Morgan fingerprint density at radius 3 is 2.31 bits per heavy atom. The SMILES string of the molecule is CN(C(=S)N(c1ccc(=O)[nH]c1)C(C)(C)C=O)c1ccc(C#N)c(C(F)(F)F)c1. The largest absolute Gasteiger partial charge is 0.417 e. The van der Waals surface area contributed by atoms with Gasteiger partial charge in [0.2, 0.25) is 5.56 Å². The van der Waals surface area contributed by atoms with Crippen LogP contribution in [-0.4, -0.2) is 29.0 Å². The van der Waals surface area contributed by atoms with Gasteiger partial charge in [0.25, 0.3) is 0 Å². The summed E-state index contributed by atoms with van der Waals surface area (Å²) < 4.78 is 39.9. The van der Waals surface area contributed by atoms with Gasteiger partial charge in [-0.3, -0.25) is 4.79 Å². The maximum absolute atomic E-state index is 13.3. The van der Waals surface area contributed by atoms with E-state index in [1.165, 1.54) is 47.3 Å². The van der Waals surface area contributed by atoms with Crippen LogP contribution in [0.15, 0.2) is 41.3 Å². The van der Waals surface area contributed by atoms with Crippen molar-refractivity contribution in [1.29, 1.82) is 5.26 Å². The fourth-order valence-electron chi connectivity index (χ4n) is 2.62. The molecule has 1 heterocycles. The number of hydrogen-bond acceptors (Lipinski definition) is 4. The van der Waals surface area contributed by atoms with Crippen molar-refractivity contribution < 1.29 is 18.0 Å². The van der Waals surface area contributed by atoms with Gasteiger partial charge in [0, 0.05) is 25.0 Å². The highest BCUT2D eigenvalue weighted by Crippen LogP contribution is 2.35. The van der Waals surface area contributed by atoms with E-state index in [9.17, 15) is 22.8 Å². The second-order valence-corrected chi connectivity index (χ2v) is 7.06. The minimum Gasteiger partial charge on any atom is -0.327 e. The van der Waals surface area contributed by atoms with Crippen molar-refractivity contribution in [2.75, 3.05) is 16.8 Å². The molecule has 0 aliphatic heterocycles. The molecule has 1 aromatic heterocycles. The normalized spacial score (nSPS) is 11.5. The van der Waals surface area contributed by atoms with Crippen molar-refractivity contribution >= 4 is 35.0 Å². The topological polar surface area (TPSA) is 80.2 Å². The first-order valence-corrected chi connectivity index (χ1v) is 8.67. The lowest BCUT2D eigenvalue weighted by molar-refractivity contribution is -0.137. The second-order valence-electron chi connectivity index (χ2n) is 6.70. The van der Waals surface area contributed by atoms with Crippen molar-refractivity contribution in [3.8, 4) is 6.07 Å². The number of aldehydes is 1. The molecule has 2 aromatic rings. The molecule has 0 amide bonds. The zero-order valence-corrected chi connectivity index (χ0v) is 16.6. The summed E-state index contributed by atoms with van der Waals surface area (Å²) in [6, 6.07) is 7.43. The molecule has 0 atom stereocenters. The van der Waals surface area contributed by atoms with E-state index >= 15 is 0 Å². The molecule has 0 bridgehead atoms. The Labute approximate surface area is 170 Å². The Bertz CT molecular complexity index is 1020. The van der Waals surface area contributed by atoms with E-state index in [0.29, 0.717) is 12.0 Å². The molecule has 0 spiro atoms. The van der Waals surface area contributed by atoms with Gasteiger partial charge in [-0.05, 0) is 50.3 Å². The average molecular weight is 422 g/mol. The summed E-state index contributed by atoms with van der Waals surface area (Å²) in [5, 5.41) is 8.97. The van der Waals surface area contributed by atoms with E-state index in [-0.39, 0.29) is 16.4 Å². The highest BCUT2D eigenvalue weighted by molar-refractivity contribution is 7.80. The number of nitrogens with one attached hydrogen (secondary N) is 1. The molecule has 0 aliphatic carbocycles. The molecule has 2 rings (SSSR count). The Kier molecular flexibility index (Phi) is 6.13. The van der Waals surface area contributed by atoms with Gasteiger partial charge < -0.3 is 19.6 Å². The predicted octanol–water partition coefficient (Wildman–Crippen LogP) is 3.47. The maximum atomic E-state index is 13.3. The number of halogens is 3. The van der Waals surface area contributed by atoms with E-state index in [2.05, 4.69) is 4.98 Å². The van der Waals surface area contributed by atoms with Crippen LogP contribution in [0.2, 0.25) is 0 Å². The number of nitrogens with zero attached hydrogens (tertiary/aromatic N) is 3. The van der Waals surface area contributed by atoms with Crippen LogP contribution in [0.5, 0.6) is 0 Å². The first-order chi connectivity index (χ1) is 13.4. The lowest BCUT2D eigenvalue weighted by Crippen LogP contribution is -2.54. The quantitative estimate of drug-likeness (QED) is 0.600. The Balaban J connectivity index is 2.54. The fourth-order valence-corrected chi connectivity index (χ4v) is 3.06. The summed E-state index contributed by atoms with van der Waals surface area (Å²) in [5.41, 5.74) is -2.66. The van der Waals surface area contributed by atoms with Crippen molar-refractivity contribution in [2.45, 2.75) is 25.6 Å². The van der Waals surface area contributed by atoms with Gasteiger partial charge in [0.1, 0.15) is 6.29 Å². The summed E-state index contributed by atoms with van der Waals surface area (Å²) in [4.78, 5) is 28.2. The Morgan fingerprint density at radius 2 is 1.83 bits per heavy atom. The van der Waals surface area contributed by atoms with E-state index in [0.717, 1.165) is 12.1 Å². The molecular formula is C19H17F3N4O2S. The third-order valence-corrected chi connectivity index (χ3v) is 4.64. The van der Waals surface area contributed by atoms with Gasteiger partial charge >= 0.3 is 6.18 Å². The van der Waals surface area contributed by atoms with Gasteiger partial charge in [-0.15, -0.1) is 0 Å². The first kappa shape index (κ1) is 22.1. The number of rotatable bonds is 4. The summed E-state index contributed by atoms with van der Waals surface area (Å²) in [6.07, 6.45) is -2.73. The van der Waals surface area contributed by atoms with Crippen LogP contribution in [0.1, 0.15) is 25.0 Å². The minimum absolute atomic E-state index is 0.0204. The highest BCUT2D eigenvalue weighted by Gasteiger charge is 2.36. The first-order valence-electron chi connectivity index (χ1n) is 8.26. The van der Waals surface area contributed by atoms with Crippen LogP contribution in [0, 0.1) is 11.3 Å². The molecule has 29 heavy (non-hydrogen) atoms. The third kappa shape index (κ3) is 4.63. The molecule has 0 unspecified atom stereocenters. The number of carbonyl (C=O) groups is 1. The zero-order valence-electron chi connectivity index (χ0n) is 15.7. The van der Waals surface area contributed by atoms with Crippen molar-refractivity contribution in [3.63, 3.8) is 0 Å². The van der Waals surface area contributed by atoms with Crippen molar-refractivity contribution in [3.05, 3.63) is 58.0 Å². The molecule has 0 saturated carbocycles. The number of hydrogen-bond donors (Lipinski definition) is 1. The molecule has 10 heteroatoms. The summed E-state index contributed by atoms with van der Waals surface area (Å²) in [7, 11) is 1.45. The van der Waals surface area contributed by atoms with Crippen LogP contribution in [0.25, 0.3) is 0 Å². The number of aromatic nitrogens is 1. The molecule has 0 saturated heterocycles. The highest BCUT2D eigenvalue weighted by atomic mass is 32.1. The lowest BCUT2D eigenvalue weighted by Gasteiger charge is -2.39. The number of benzene rings is 1. The molecule has 152 valence electrons. The number of thiocarbonyl (C=S) groups is 1. The van der Waals surface area contributed by atoms with Gasteiger partial charge in [0.15, 0.2) is 5.11 Å². The second kappa shape index (κ2) is 8.05. The van der Waals surface area contributed by atoms with E-state index < -0.39 is 22.8 Å². The fraction of sp³-hybridized carbons (Fsp3) is 0.263. The Hall–Kier alpha value is -3.19. The van der Waals surface area contributed by atoms with Gasteiger partial charge in [0.05, 0.1) is 28.4 Å². The lowest BCUT2D eigenvalue weighted by atomic mass is 10.0. The van der Waals surface area contributed by atoms with E-state index in [1.54, 1.807) is 13.8 Å². The predicted molar refractivity (Wildman–Crippen MR) is 107 cm³/mol. The van der Waals surface area contributed by atoms with Gasteiger partial charge in [-0.2, -0.15) is 18.4 Å². The standard InChI is InChI=1S/C19H17F3N4O2S/c1-18(2,11-27)26(14-6-7-16(28)24-10-14)17(29)25(3)13-5-4-12(9-23)15(8-13)19(20,21)22/h4-8,10-11H,1-3H3,(H,24,28).